The van der Waals surface area contributed by atoms with Gasteiger partial charge in [0.2, 0.25) is 0 Å². The summed E-state index contributed by atoms with van der Waals surface area (Å²) < 4.78 is 13.7. The number of rotatable bonds is 2. The minimum absolute atomic E-state index is 0.0424. The number of carbonyl (C=O) groups is 1. The Hall–Kier alpha value is -2.18. The summed E-state index contributed by atoms with van der Waals surface area (Å²) in [6.07, 6.45) is 1.85. The SMILES string of the molecule is CC1CCN(C(=O)Nc2ccc([N+](=O)[O-])cc2F)CC1. The molecule has 7 heteroatoms. The molecule has 1 heterocycles. The number of benzene rings is 1. The van der Waals surface area contributed by atoms with E-state index in [1.165, 1.54) is 6.07 Å². The molecule has 0 atom stereocenters. The van der Waals surface area contributed by atoms with Gasteiger partial charge in [-0.2, -0.15) is 0 Å². The highest BCUT2D eigenvalue weighted by molar-refractivity contribution is 5.89. The molecule has 1 N–H and O–H groups in total. The van der Waals surface area contributed by atoms with Gasteiger partial charge >= 0.3 is 6.03 Å². The van der Waals surface area contributed by atoms with Gasteiger partial charge in [-0.3, -0.25) is 10.1 Å². The minimum atomic E-state index is -0.807. The molecule has 20 heavy (non-hydrogen) atoms. The average Bonchev–Trinajstić information content (AvgIpc) is 2.41. The van der Waals surface area contributed by atoms with Gasteiger partial charge in [-0.25, -0.2) is 9.18 Å². The van der Waals surface area contributed by atoms with Gasteiger partial charge in [-0.05, 0) is 24.8 Å². The van der Waals surface area contributed by atoms with Crippen LogP contribution in [0.5, 0.6) is 0 Å². The van der Waals surface area contributed by atoms with E-state index in [1.807, 2.05) is 0 Å². The van der Waals surface area contributed by atoms with E-state index in [0.29, 0.717) is 19.0 Å². The number of piperidine rings is 1. The van der Waals surface area contributed by atoms with E-state index in [-0.39, 0.29) is 17.4 Å². The first-order chi connectivity index (χ1) is 9.47. The predicted octanol–water partition coefficient (Wildman–Crippen LogP) is 3.00. The number of nitrogens with one attached hydrogen (secondary N) is 1. The van der Waals surface area contributed by atoms with Crippen LogP contribution in [0.25, 0.3) is 0 Å². The molecule has 1 fully saturated rings. The lowest BCUT2D eigenvalue weighted by Crippen LogP contribution is -2.40. The molecule has 1 aliphatic heterocycles. The Kier molecular flexibility index (Phi) is 4.16. The summed E-state index contributed by atoms with van der Waals surface area (Å²) in [5, 5.41) is 13.0. The number of hydrogen-bond acceptors (Lipinski definition) is 3. The Morgan fingerprint density at radius 1 is 1.45 bits per heavy atom. The van der Waals surface area contributed by atoms with Crippen molar-refractivity contribution in [3.63, 3.8) is 0 Å². The number of urea groups is 1. The lowest BCUT2D eigenvalue weighted by molar-refractivity contribution is -0.385. The van der Waals surface area contributed by atoms with Gasteiger partial charge < -0.3 is 10.2 Å². The quantitative estimate of drug-likeness (QED) is 0.668. The van der Waals surface area contributed by atoms with Gasteiger partial charge in [-0.1, -0.05) is 6.92 Å². The maximum absolute atomic E-state index is 13.7. The summed E-state index contributed by atoms with van der Waals surface area (Å²) in [7, 11) is 0. The molecule has 1 aromatic rings. The Labute approximate surface area is 115 Å². The van der Waals surface area contributed by atoms with E-state index in [1.54, 1.807) is 4.90 Å². The van der Waals surface area contributed by atoms with Crippen molar-refractivity contribution in [2.45, 2.75) is 19.8 Å². The number of likely N-dealkylation sites (tertiary alicyclic amines) is 1. The standard InChI is InChI=1S/C13H16FN3O3/c1-9-4-6-16(7-5-9)13(18)15-12-3-2-10(17(19)20)8-11(12)14/h2-3,8-9H,4-7H2,1H3,(H,15,18). The van der Waals surface area contributed by atoms with Gasteiger partial charge in [0.25, 0.3) is 5.69 Å². The van der Waals surface area contributed by atoms with Crippen LogP contribution in [0.15, 0.2) is 18.2 Å². The fourth-order valence-corrected chi connectivity index (χ4v) is 2.12. The number of halogens is 1. The lowest BCUT2D eigenvalue weighted by Gasteiger charge is -2.30. The van der Waals surface area contributed by atoms with E-state index < -0.39 is 10.7 Å². The normalized spacial score (nSPS) is 16.0. The molecular weight excluding hydrogens is 265 g/mol. The van der Waals surface area contributed by atoms with Crippen LogP contribution in [0.4, 0.5) is 20.6 Å². The number of nitro groups is 1. The second-order valence-corrected chi connectivity index (χ2v) is 5.02. The van der Waals surface area contributed by atoms with Crippen LogP contribution in [-0.4, -0.2) is 28.9 Å². The summed E-state index contributed by atoms with van der Waals surface area (Å²) in [5.41, 5.74) is -0.383. The molecule has 0 aliphatic carbocycles. The number of non-ortho nitro benzene ring substituents is 1. The van der Waals surface area contributed by atoms with E-state index in [0.717, 1.165) is 25.0 Å². The van der Waals surface area contributed by atoms with Gasteiger partial charge in [-0.15, -0.1) is 0 Å². The Morgan fingerprint density at radius 2 is 2.10 bits per heavy atom. The van der Waals surface area contributed by atoms with Crippen LogP contribution in [0.3, 0.4) is 0 Å². The zero-order valence-electron chi connectivity index (χ0n) is 11.1. The summed E-state index contributed by atoms with van der Waals surface area (Å²) in [6, 6.07) is 2.80. The van der Waals surface area contributed by atoms with Crippen molar-refractivity contribution in [2.75, 3.05) is 18.4 Å². The Morgan fingerprint density at radius 3 is 2.65 bits per heavy atom. The molecule has 0 bridgehead atoms. The maximum Gasteiger partial charge on any atom is 0.321 e. The van der Waals surface area contributed by atoms with E-state index in [4.69, 9.17) is 0 Å². The van der Waals surface area contributed by atoms with Crippen LogP contribution >= 0.6 is 0 Å². The third-order valence-corrected chi connectivity index (χ3v) is 3.48. The lowest BCUT2D eigenvalue weighted by atomic mass is 10.00. The average molecular weight is 281 g/mol. The highest BCUT2D eigenvalue weighted by Gasteiger charge is 2.21. The van der Waals surface area contributed by atoms with Gasteiger partial charge in [0, 0.05) is 19.2 Å². The van der Waals surface area contributed by atoms with Crippen LogP contribution in [0, 0.1) is 21.8 Å². The highest BCUT2D eigenvalue weighted by atomic mass is 19.1. The molecule has 0 unspecified atom stereocenters. The van der Waals surface area contributed by atoms with Crippen LogP contribution in [-0.2, 0) is 0 Å². The maximum atomic E-state index is 13.7. The van der Waals surface area contributed by atoms with Crippen molar-refractivity contribution < 1.29 is 14.1 Å². The van der Waals surface area contributed by atoms with Crippen LogP contribution < -0.4 is 5.32 Å². The number of anilines is 1. The molecular formula is C13H16FN3O3. The third kappa shape index (κ3) is 3.23. The first-order valence-electron chi connectivity index (χ1n) is 6.47. The van der Waals surface area contributed by atoms with Crippen molar-refractivity contribution in [3.8, 4) is 0 Å². The van der Waals surface area contributed by atoms with E-state index in [9.17, 15) is 19.3 Å². The predicted molar refractivity (Wildman–Crippen MR) is 72.0 cm³/mol. The largest absolute Gasteiger partial charge is 0.325 e. The molecule has 1 aliphatic rings. The highest BCUT2D eigenvalue weighted by Crippen LogP contribution is 2.22. The second-order valence-electron chi connectivity index (χ2n) is 5.02. The third-order valence-electron chi connectivity index (χ3n) is 3.48. The fraction of sp³-hybridized carbons (Fsp3) is 0.462. The molecule has 6 nitrogen and oxygen atoms in total. The number of nitrogens with zero attached hydrogens (tertiary/aromatic N) is 2. The monoisotopic (exact) mass is 281 g/mol. The summed E-state index contributed by atoms with van der Waals surface area (Å²) in [4.78, 5) is 23.4. The topological polar surface area (TPSA) is 75.5 Å². The zero-order chi connectivity index (χ0) is 14.7. The Balaban J connectivity index is 2.02. The molecule has 0 spiro atoms. The summed E-state index contributed by atoms with van der Waals surface area (Å²) in [5.74, 6) is -0.215. The van der Waals surface area contributed by atoms with E-state index in [2.05, 4.69) is 12.2 Å². The summed E-state index contributed by atoms with van der Waals surface area (Å²) >= 11 is 0. The van der Waals surface area contributed by atoms with Crippen molar-refractivity contribution in [1.29, 1.82) is 0 Å². The first-order valence-corrected chi connectivity index (χ1v) is 6.47. The van der Waals surface area contributed by atoms with Crippen molar-refractivity contribution in [2.24, 2.45) is 5.92 Å². The molecule has 1 aromatic carbocycles. The van der Waals surface area contributed by atoms with Crippen molar-refractivity contribution in [3.05, 3.63) is 34.1 Å². The zero-order valence-corrected chi connectivity index (χ0v) is 11.1. The van der Waals surface area contributed by atoms with Crippen molar-refractivity contribution >= 4 is 17.4 Å². The minimum Gasteiger partial charge on any atom is -0.325 e. The van der Waals surface area contributed by atoms with E-state index >= 15 is 0 Å². The second kappa shape index (κ2) is 5.85. The smallest absolute Gasteiger partial charge is 0.321 e. The van der Waals surface area contributed by atoms with Gasteiger partial charge in [0.05, 0.1) is 16.7 Å². The molecule has 0 aromatic heterocycles. The Bertz CT molecular complexity index is 528. The van der Waals surface area contributed by atoms with Gasteiger partial charge in [0.15, 0.2) is 5.82 Å². The number of carbonyl (C=O) groups excluding carboxylic acids is 1. The molecule has 0 saturated carbocycles. The number of amides is 2. The molecule has 1 saturated heterocycles. The van der Waals surface area contributed by atoms with Crippen molar-refractivity contribution in [1.82, 2.24) is 4.90 Å². The number of nitro benzene ring substituents is 1. The molecule has 0 radical (unpaired) electrons. The molecule has 108 valence electrons. The van der Waals surface area contributed by atoms with Crippen LogP contribution in [0.2, 0.25) is 0 Å². The molecule has 2 rings (SSSR count). The summed E-state index contributed by atoms with van der Waals surface area (Å²) in [6.45, 7) is 3.41. The number of hydrogen-bond donors (Lipinski definition) is 1. The van der Waals surface area contributed by atoms with Crippen LogP contribution in [0.1, 0.15) is 19.8 Å². The van der Waals surface area contributed by atoms with Gasteiger partial charge in [0.1, 0.15) is 0 Å². The fourth-order valence-electron chi connectivity index (χ4n) is 2.12. The first kappa shape index (κ1) is 14.2. The molecule has 2 amide bonds.